The lowest BCUT2D eigenvalue weighted by Gasteiger charge is -2.13. The van der Waals surface area contributed by atoms with Gasteiger partial charge in [0, 0.05) is 18.7 Å². The molecule has 0 aliphatic heterocycles. The van der Waals surface area contributed by atoms with Gasteiger partial charge in [-0.3, -0.25) is 4.79 Å². The largest absolute Gasteiger partial charge is 0.352 e. The van der Waals surface area contributed by atoms with Gasteiger partial charge in [0.05, 0.1) is 4.90 Å². The maximum atomic E-state index is 12.1. The highest BCUT2D eigenvalue weighted by Gasteiger charge is 2.14. The maximum Gasteiger partial charge on any atom is 0.251 e. The molecule has 5 nitrogen and oxygen atoms in total. The number of rotatable bonds is 8. The summed E-state index contributed by atoms with van der Waals surface area (Å²) in [5, 5.41) is 2.88. The van der Waals surface area contributed by atoms with E-state index in [2.05, 4.69) is 22.7 Å². The van der Waals surface area contributed by atoms with Crippen molar-refractivity contribution >= 4 is 15.9 Å². The van der Waals surface area contributed by atoms with Crippen LogP contribution in [0, 0.1) is 0 Å². The fourth-order valence-electron chi connectivity index (χ4n) is 2.61. The first kappa shape index (κ1) is 18.4. The van der Waals surface area contributed by atoms with Crippen LogP contribution >= 0.6 is 0 Å². The first-order valence-electron chi connectivity index (χ1n) is 8.19. The van der Waals surface area contributed by atoms with Gasteiger partial charge in [0.25, 0.3) is 5.91 Å². The summed E-state index contributed by atoms with van der Waals surface area (Å²) in [4.78, 5) is 12.2. The quantitative estimate of drug-likeness (QED) is 0.709. The molecule has 0 unspecified atom stereocenters. The summed E-state index contributed by atoms with van der Waals surface area (Å²) < 4.78 is 26.3. The van der Waals surface area contributed by atoms with Crippen LogP contribution in [-0.2, 0) is 10.0 Å². The first-order valence-corrected chi connectivity index (χ1v) is 9.68. The lowest BCUT2D eigenvalue weighted by Crippen LogP contribution is -2.26. The van der Waals surface area contributed by atoms with Crippen molar-refractivity contribution < 1.29 is 13.2 Å². The van der Waals surface area contributed by atoms with Gasteiger partial charge in [-0.2, -0.15) is 0 Å². The van der Waals surface area contributed by atoms with Crippen molar-refractivity contribution in [1.29, 1.82) is 0 Å². The lowest BCUT2D eigenvalue weighted by atomic mass is 9.97. The van der Waals surface area contributed by atoms with E-state index in [1.807, 2.05) is 0 Å². The van der Waals surface area contributed by atoms with Gasteiger partial charge < -0.3 is 5.32 Å². The summed E-state index contributed by atoms with van der Waals surface area (Å²) in [6.45, 7) is 4.24. The second-order valence-corrected chi connectivity index (χ2v) is 7.55. The van der Waals surface area contributed by atoms with Crippen LogP contribution in [0.15, 0.2) is 53.5 Å². The molecular weight excluding hydrogens is 324 g/mol. The van der Waals surface area contributed by atoms with Crippen LogP contribution < -0.4 is 10.0 Å². The zero-order valence-electron chi connectivity index (χ0n) is 13.8. The highest BCUT2D eigenvalue weighted by Crippen LogP contribution is 2.19. The zero-order chi connectivity index (χ0) is 17.4. The van der Waals surface area contributed by atoms with Crippen LogP contribution in [-0.4, -0.2) is 27.4 Å². The third-order valence-corrected chi connectivity index (χ3v) is 5.40. The molecule has 0 atom stereocenters. The van der Waals surface area contributed by atoms with E-state index in [4.69, 9.17) is 0 Å². The van der Waals surface area contributed by atoms with E-state index in [1.165, 1.54) is 48.8 Å². The SMILES string of the molecule is C=CCNS(=O)(=O)c1ccc(C(=O)NCCC2=CCCCC2)cc1. The van der Waals surface area contributed by atoms with E-state index < -0.39 is 10.0 Å². The Labute approximate surface area is 143 Å². The smallest absolute Gasteiger partial charge is 0.251 e. The van der Waals surface area contributed by atoms with Crippen molar-refractivity contribution in [2.75, 3.05) is 13.1 Å². The van der Waals surface area contributed by atoms with E-state index in [1.54, 1.807) is 0 Å². The highest BCUT2D eigenvalue weighted by atomic mass is 32.2. The number of hydrogen-bond acceptors (Lipinski definition) is 3. The van der Waals surface area contributed by atoms with Crippen LogP contribution in [0.4, 0.5) is 0 Å². The molecule has 0 heterocycles. The van der Waals surface area contributed by atoms with Crippen LogP contribution in [0.3, 0.4) is 0 Å². The number of amides is 1. The Hall–Kier alpha value is -1.92. The Morgan fingerprint density at radius 2 is 1.96 bits per heavy atom. The van der Waals surface area contributed by atoms with Gasteiger partial charge in [-0.05, 0) is 56.4 Å². The molecule has 0 spiro atoms. The monoisotopic (exact) mass is 348 g/mol. The van der Waals surface area contributed by atoms with Crippen molar-refractivity contribution in [2.24, 2.45) is 0 Å². The first-order chi connectivity index (χ1) is 11.5. The molecule has 0 saturated heterocycles. The zero-order valence-corrected chi connectivity index (χ0v) is 14.6. The Kier molecular flexibility index (Phi) is 6.75. The molecule has 6 heteroatoms. The third-order valence-electron chi connectivity index (χ3n) is 3.96. The lowest BCUT2D eigenvalue weighted by molar-refractivity contribution is 0.0954. The van der Waals surface area contributed by atoms with Crippen molar-refractivity contribution in [2.45, 2.75) is 37.0 Å². The minimum atomic E-state index is -3.56. The maximum absolute atomic E-state index is 12.1. The Balaban J connectivity index is 1.88. The molecule has 1 aliphatic carbocycles. The van der Waals surface area contributed by atoms with E-state index in [9.17, 15) is 13.2 Å². The second-order valence-electron chi connectivity index (χ2n) is 5.78. The number of nitrogens with one attached hydrogen (secondary N) is 2. The van der Waals surface area contributed by atoms with E-state index >= 15 is 0 Å². The van der Waals surface area contributed by atoms with Crippen LogP contribution in [0.25, 0.3) is 0 Å². The fraction of sp³-hybridized carbons (Fsp3) is 0.389. The summed E-state index contributed by atoms with van der Waals surface area (Å²) in [6, 6.07) is 5.92. The molecule has 0 aromatic heterocycles. The van der Waals surface area contributed by atoms with Crippen molar-refractivity contribution in [3.05, 3.63) is 54.1 Å². The molecule has 0 saturated carbocycles. The van der Waals surface area contributed by atoms with Crippen LogP contribution in [0.1, 0.15) is 42.5 Å². The topological polar surface area (TPSA) is 75.3 Å². The average molecular weight is 348 g/mol. The number of hydrogen-bond donors (Lipinski definition) is 2. The van der Waals surface area contributed by atoms with E-state index in [0.717, 1.165) is 19.3 Å². The molecule has 0 radical (unpaired) electrons. The summed E-state index contributed by atoms with van der Waals surface area (Å²) in [5.41, 5.74) is 1.87. The van der Waals surface area contributed by atoms with Crippen LogP contribution in [0.2, 0.25) is 0 Å². The number of carbonyl (C=O) groups excluding carboxylic acids is 1. The standard InChI is InChI=1S/C18H24N2O3S/c1-2-13-20-24(22,23)17-10-8-16(9-11-17)18(21)19-14-12-15-6-4-3-5-7-15/h2,6,8-11,20H,1,3-5,7,12-14H2,(H,19,21). The molecular formula is C18H24N2O3S. The van der Waals surface area contributed by atoms with Gasteiger partial charge in [0.15, 0.2) is 0 Å². The summed E-state index contributed by atoms with van der Waals surface area (Å²) in [5.74, 6) is -0.186. The minimum absolute atomic E-state index is 0.133. The molecule has 2 rings (SSSR count). The predicted molar refractivity (Wildman–Crippen MR) is 95.3 cm³/mol. The van der Waals surface area contributed by atoms with Gasteiger partial charge in [-0.15, -0.1) is 6.58 Å². The summed E-state index contributed by atoms with van der Waals surface area (Å²) in [7, 11) is -3.56. The third kappa shape index (κ3) is 5.32. The van der Waals surface area contributed by atoms with Gasteiger partial charge in [0.2, 0.25) is 10.0 Å². The van der Waals surface area contributed by atoms with E-state index in [-0.39, 0.29) is 17.3 Å². The minimum Gasteiger partial charge on any atom is -0.352 e. The molecule has 1 aliphatic rings. The molecule has 1 amide bonds. The van der Waals surface area contributed by atoms with Crippen LogP contribution in [0.5, 0.6) is 0 Å². The van der Waals surface area contributed by atoms with Gasteiger partial charge >= 0.3 is 0 Å². The molecule has 130 valence electrons. The van der Waals surface area contributed by atoms with Crippen molar-refractivity contribution in [3.8, 4) is 0 Å². The normalized spacial score (nSPS) is 14.8. The predicted octanol–water partition coefficient (Wildman–Crippen LogP) is 2.77. The Morgan fingerprint density at radius 1 is 1.21 bits per heavy atom. The number of carbonyl (C=O) groups is 1. The molecule has 2 N–H and O–H groups in total. The number of sulfonamides is 1. The molecule has 0 bridgehead atoms. The Morgan fingerprint density at radius 3 is 2.58 bits per heavy atom. The molecule has 1 aromatic carbocycles. The summed E-state index contributed by atoms with van der Waals surface area (Å²) >= 11 is 0. The second kappa shape index (κ2) is 8.80. The molecule has 24 heavy (non-hydrogen) atoms. The van der Waals surface area contributed by atoms with Crippen molar-refractivity contribution in [1.82, 2.24) is 10.0 Å². The molecule has 1 aromatic rings. The number of allylic oxidation sites excluding steroid dienone is 1. The van der Waals surface area contributed by atoms with Gasteiger partial charge in [0.1, 0.15) is 0 Å². The van der Waals surface area contributed by atoms with Crippen molar-refractivity contribution in [3.63, 3.8) is 0 Å². The number of benzene rings is 1. The molecule has 0 fully saturated rings. The van der Waals surface area contributed by atoms with Gasteiger partial charge in [-0.25, -0.2) is 13.1 Å². The highest BCUT2D eigenvalue weighted by molar-refractivity contribution is 7.89. The fourth-order valence-corrected chi connectivity index (χ4v) is 3.61. The Bertz CT molecular complexity index is 706. The average Bonchev–Trinajstić information content (AvgIpc) is 2.61. The summed E-state index contributed by atoms with van der Waals surface area (Å²) in [6.07, 6.45) is 9.37. The van der Waals surface area contributed by atoms with E-state index in [0.29, 0.717) is 12.1 Å². The van der Waals surface area contributed by atoms with Gasteiger partial charge in [-0.1, -0.05) is 17.7 Å².